The van der Waals surface area contributed by atoms with Gasteiger partial charge in [-0.1, -0.05) is 24.3 Å². The Bertz CT molecular complexity index is 514. The molecule has 1 aromatic heterocycles. The Morgan fingerprint density at radius 3 is 2.75 bits per heavy atom. The van der Waals surface area contributed by atoms with Crippen molar-refractivity contribution in [3.05, 3.63) is 46.2 Å². The highest BCUT2D eigenvalue weighted by molar-refractivity contribution is 7.12. The van der Waals surface area contributed by atoms with Crippen molar-refractivity contribution in [2.24, 2.45) is 0 Å². The van der Waals surface area contributed by atoms with Crippen LogP contribution in [-0.2, 0) is 4.74 Å². The quantitative estimate of drug-likeness (QED) is 0.741. The van der Waals surface area contributed by atoms with Gasteiger partial charge in [-0.15, -0.1) is 11.3 Å². The van der Waals surface area contributed by atoms with E-state index in [1.807, 2.05) is 23.6 Å². The maximum absolute atomic E-state index is 11.3. The summed E-state index contributed by atoms with van der Waals surface area (Å²) >= 11 is 1.41. The van der Waals surface area contributed by atoms with Gasteiger partial charge in [0.2, 0.25) is 0 Å². The van der Waals surface area contributed by atoms with Crippen molar-refractivity contribution >= 4 is 17.3 Å². The van der Waals surface area contributed by atoms with Crippen LogP contribution in [0.15, 0.2) is 35.7 Å². The van der Waals surface area contributed by atoms with Crippen LogP contribution in [0, 0.1) is 6.92 Å². The fourth-order valence-corrected chi connectivity index (χ4v) is 2.41. The van der Waals surface area contributed by atoms with Gasteiger partial charge in [-0.25, -0.2) is 4.79 Å². The topological polar surface area (TPSA) is 26.3 Å². The van der Waals surface area contributed by atoms with Crippen LogP contribution in [0.1, 0.15) is 15.2 Å². The SMILES string of the molecule is COC(=O)c1cc(-c2ccccc2C)cs1. The molecular formula is C13H12O2S. The number of hydrogen-bond donors (Lipinski definition) is 0. The Labute approximate surface area is 98.5 Å². The Kier molecular flexibility index (Phi) is 3.06. The van der Waals surface area contributed by atoms with Crippen LogP contribution in [0.25, 0.3) is 11.1 Å². The highest BCUT2D eigenvalue weighted by Crippen LogP contribution is 2.28. The number of ether oxygens (including phenoxy) is 1. The molecule has 1 aromatic carbocycles. The molecule has 0 fully saturated rings. The van der Waals surface area contributed by atoms with Crippen LogP contribution in [0.5, 0.6) is 0 Å². The fourth-order valence-electron chi connectivity index (χ4n) is 1.58. The van der Waals surface area contributed by atoms with Gasteiger partial charge in [0.05, 0.1) is 7.11 Å². The second-order valence-electron chi connectivity index (χ2n) is 3.51. The molecule has 82 valence electrons. The first-order valence-corrected chi connectivity index (χ1v) is 5.83. The molecule has 0 bridgehead atoms. The van der Waals surface area contributed by atoms with Gasteiger partial charge in [0, 0.05) is 0 Å². The average molecular weight is 232 g/mol. The number of benzene rings is 1. The summed E-state index contributed by atoms with van der Waals surface area (Å²) in [6.45, 7) is 2.06. The smallest absolute Gasteiger partial charge is 0.348 e. The molecule has 16 heavy (non-hydrogen) atoms. The molecule has 0 aliphatic heterocycles. The zero-order chi connectivity index (χ0) is 11.5. The maximum Gasteiger partial charge on any atom is 0.348 e. The van der Waals surface area contributed by atoms with E-state index in [2.05, 4.69) is 23.8 Å². The lowest BCUT2D eigenvalue weighted by molar-refractivity contribution is 0.0606. The van der Waals surface area contributed by atoms with Gasteiger partial charge in [-0.2, -0.15) is 0 Å². The summed E-state index contributed by atoms with van der Waals surface area (Å²) in [5.41, 5.74) is 3.44. The highest BCUT2D eigenvalue weighted by Gasteiger charge is 2.10. The summed E-state index contributed by atoms with van der Waals surface area (Å²) in [6, 6.07) is 9.99. The summed E-state index contributed by atoms with van der Waals surface area (Å²) in [7, 11) is 1.40. The van der Waals surface area contributed by atoms with Gasteiger partial charge < -0.3 is 4.74 Å². The first-order valence-electron chi connectivity index (χ1n) is 4.95. The Hall–Kier alpha value is -1.61. The van der Waals surface area contributed by atoms with Gasteiger partial charge >= 0.3 is 5.97 Å². The first kappa shape index (κ1) is 10.9. The van der Waals surface area contributed by atoms with Gasteiger partial charge in [0.15, 0.2) is 0 Å². The molecule has 0 aliphatic rings. The van der Waals surface area contributed by atoms with Crippen LogP contribution in [0.3, 0.4) is 0 Å². The predicted octanol–water partition coefficient (Wildman–Crippen LogP) is 3.51. The number of hydrogen-bond acceptors (Lipinski definition) is 3. The van der Waals surface area contributed by atoms with Gasteiger partial charge in [-0.3, -0.25) is 0 Å². The zero-order valence-corrected chi connectivity index (χ0v) is 10.0. The molecule has 2 rings (SSSR count). The van der Waals surface area contributed by atoms with E-state index in [1.54, 1.807) is 0 Å². The molecule has 0 spiro atoms. The number of methoxy groups -OCH3 is 1. The highest BCUT2D eigenvalue weighted by atomic mass is 32.1. The molecule has 2 nitrogen and oxygen atoms in total. The number of carbonyl (C=O) groups excluding carboxylic acids is 1. The second-order valence-corrected chi connectivity index (χ2v) is 4.42. The molecule has 0 aliphatic carbocycles. The van der Waals surface area contributed by atoms with E-state index >= 15 is 0 Å². The molecule has 0 unspecified atom stereocenters. The third-order valence-corrected chi connectivity index (χ3v) is 3.35. The van der Waals surface area contributed by atoms with Crippen molar-refractivity contribution in [2.75, 3.05) is 7.11 Å². The van der Waals surface area contributed by atoms with Crippen LogP contribution in [-0.4, -0.2) is 13.1 Å². The van der Waals surface area contributed by atoms with E-state index in [1.165, 1.54) is 24.0 Å². The van der Waals surface area contributed by atoms with Gasteiger partial charge in [0.25, 0.3) is 0 Å². The standard InChI is InChI=1S/C13H12O2S/c1-9-5-3-4-6-11(9)10-7-12(16-8-10)13(14)15-2/h3-8H,1-2H3. The van der Waals surface area contributed by atoms with Gasteiger partial charge in [-0.05, 0) is 35.1 Å². The average Bonchev–Trinajstić information content (AvgIpc) is 2.78. The summed E-state index contributed by atoms with van der Waals surface area (Å²) in [5.74, 6) is -0.273. The maximum atomic E-state index is 11.3. The lowest BCUT2D eigenvalue weighted by Gasteiger charge is -2.01. The second kappa shape index (κ2) is 4.49. The molecule has 0 saturated carbocycles. The number of thiophene rings is 1. The summed E-state index contributed by atoms with van der Waals surface area (Å²) in [6.07, 6.45) is 0. The van der Waals surface area contributed by atoms with Crippen molar-refractivity contribution in [1.29, 1.82) is 0 Å². The monoisotopic (exact) mass is 232 g/mol. The third kappa shape index (κ3) is 1.99. The van der Waals surface area contributed by atoms with Crippen LogP contribution >= 0.6 is 11.3 Å². The molecule has 0 amide bonds. The number of aryl methyl sites for hydroxylation is 1. The lowest BCUT2D eigenvalue weighted by atomic mass is 10.0. The number of esters is 1. The normalized spacial score (nSPS) is 10.1. The summed E-state index contributed by atoms with van der Waals surface area (Å²) < 4.78 is 4.69. The van der Waals surface area contributed by atoms with Crippen LogP contribution < -0.4 is 0 Å². The van der Waals surface area contributed by atoms with E-state index in [9.17, 15) is 4.79 Å². The Morgan fingerprint density at radius 2 is 2.06 bits per heavy atom. The van der Waals surface area contributed by atoms with Crippen LogP contribution in [0.4, 0.5) is 0 Å². The van der Waals surface area contributed by atoms with E-state index in [4.69, 9.17) is 0 Å². The van der Waals surface area contributed by atoms with E-state index in [-0.39, 0.29) is 5.97 Å². The van der Waals surface area contributed by atoms with Crippen molar-refractivity contribution in [1.82, 2.24) is 0 Å². The fraction of sp³-hybridized carbons (Fsp3) is 0.154. The minimum atomic E-state index is -0.273. The molecule has 2 aromatic rings. The van der Waals surface area contributed by atoms with E-state index in [0.29, 0.717) is 4.88 Å². The Balaban J connectivity index is 2.39. The van der Waals surface area contributed by atoms with E-state index in [0.717, 1.165) is 11.1 Å². The van der Waals surface area contributed by atoms with E-state index < -0.39 is 0 Å². The molecule has 0 saturated heterocycles. The van der Waals surface area contributed by atoms with Gasteiger partial charge in [0.1, 0.15) is 4.88 Å². The predicted molar refractivity (Wildman–Crippen MR) is 65.8 cm³/mol. The molecule has 1 heterocycles. The molecule has 0 atom stereocenters. The zero-order valence-electron chi connectivity index (χ0n) is 9.19. The minimum absolute atomic E-state index is 0.273. The molecule has 0 N–H and O–H groups in total. The summed E-state index contributed by atoms with van der Waals surface area (Å²) in [5, 5.41) is 1.98. The minimum Gasteiger partial charge on any atom is -0.465 e. The number of carbonyl (C=O) groups is 1. The third-order valence-electron chi connectivity index (χ3n) is 2.44. The Morgan fingerprint density at radius 1 is 1.31 bits per heavy atom. The van der Waals surface area contributed by atoms with Crippen molar-refractivity contribution < 1.29 is 9.53 Å². The largest absolute Gasteiger partial charge is 0.465 e. The first-order chi connectivity index (χ1) is 7.72. The lowest BCUT2D eigenvalue weighted by Crippen LogP contribution is -1.96. The molecule has 3 heteroatoms. The van der Waals surface area contributed by atoms with Crippen molar-refractivity contribution in [2.45, 2.75) is 6.92 Å². The van der Waals surface area contributed by atoms with Crippen molar-refractivity contribution in [3.63, 3.8) is 0 Å². The van der Waals surface area contributed by atoms with Crippen LogP contribution in [0.2, 0.25) is 0 Å². The summed E-state index contributed by atoms with van der Waals surface area (Å²) in [4.78, 5) is 12.0. The molecule has 0 radical (unpaired) electrons. The molecular weight excluding hydrogens is 220 g/mol. The number of rotatable bonds is 2. The van der Waals surface area contributed by atoms with Crippen molar-refractivity contribution in [3.8, 4) is 11.1 Å².